The van der Waals surface area contributed by atoms with E-state index in [2.05, 4.69) is 10.6 Å². The summed E-state index contributed by atoms with van der Waals surface area (Å²) in [4.78, 5) is 37.3. The minimum Gasteiger partial charge on any atom is -0.358 e. The van der Waals surface area contributed by atoms with Gasteiger partial charge < -0.3 is 15.5 Å². The van der Waals surface area contributed by atoms with E-state index < -0.39 is 6.04 Å². The van der Waals surface area contributed by atoms with Crippen molar-refractivity contribution in [1.29, 1.82) is 0 Å². The normalized spacial score (nSPS) is 17.1. The Hall–Kier alpha value is -2.37. The Morgan fingerprint density at radius 2 is 1.95 bits per heavy atom. The van der Waals surface area contributed by atoms with Crippen LogP contribution in [0.2, 0.25) is 0 Å². The minimum atomic E-state index is -0.471. The highest BCUT2D eigenvalue weighted by atomic mass is 16.2. The van der Waals surface area contributed by atoms with Gasteiger partial charge in [0.1, 0.15) is 6.04 Å². The van der Waals surface area contributed by atoms with Crippen LogP contribution in [0.1, 0.15) is 18.4 Å². The van der Waals surface area contributed by atoms with Crippen molar-refractivity contribution in [2.75, 3.05) is 20.1 Å². The number of nitrogens with one attached hydrogen (secondary N) is 2. The molecular weight excluding hydrogens is 282 g/mol. The van der Waals surface area contributed by atoms with Gasteiger partial charge in [0.2, 0.25) is 17.7 Å². The molecule has 0 bridgehead atoms. The topological polar surface area (TPSA) is 78.5 Å². The summed E-state index contributed by atoms with van der Waals surface area (Å²) in [5, 5.41) is 5.02. The van der Waals surface area contributed by atoms with Gasteiger partial charge in [0.05, 0.1) is 13.0 Å². The molecule has 1 saturated heterocycles. The first-order chi connectivity index (χ1) is 10.6. The van der Waals surface area contributed by atoms with Crippen LogP contribution in [0, 0.1) is 0 Å². The van der Waals surface area contributed by atoms with Crippen molar-refractivity contribution in [2.24, 2.45) is 0 Å². The molecule has 3 amide bonds. The monoisotopic (exact) mass is 303 g/mol. The summed E-state index contributed by atoms with van der Waals surface area (Å²) in [6.07, 6.45) is 1.73. The molecule has 1 fully saturated rings. The number of rotatable bonds is 5. The summed E-state index contributed by atoms with van der Waals surface area (Å²) in [6.45, 7) is 0.524. The van der Waals surface area contributed by atoms with Crippen LogP contribution in [0.3, 0.4) is 0 Å². The number of carbonyl (C=O) groups is 3. The van der Waals surface area contributed by atoms with Crippen molar-refractivity contribution in [3.8, 4) is 0 Å². The van der Waals surface area contributed by atoms with Crippen molar-refractivity contribution >= 4 is 17.7 Å². The van der Waals surface area contributed by atoms with E-state index in [1.807, 2.05) is 30.3 Å². The molecule has 0 aromatic heterocycles. The van der Waals surface area contributed by atoms with Gasteiger partial charge in [-0.1, -0.05) is 30.3 Å². The molecule has 1 atom stereocenters. The number of nitrogens with zero attached hydrogens (tertiary/aromatic N) is 1. The standard InChI is InChI=1S/C16H21N3O3/c1-17-14(20)11-18-16(22)13-8-5-9-19(13)15(21)10-12-6-3-2-4-7-12/h2-4,6-7,13H,5,8-11H2,1H3,(H,17,20)(H,18,22)/t13-/m1/s1. The molecule has 0 radical (unpaired) electrons. The molecule has 22 heavy (non-hydrogen) atoms. The smallest absolute Gasteiger partial charge is 0.243 e. The second-order valence-corrected chi connectivity index (χ2v) is 5.30. The Bertz CT molecular complexity index is 545. The van der Waals surface area contributed by atoms with Crippen LogP contribution in [0.5, 0.6) is 0 Å². The lowest BCUT2D eigenvalue weighted by Gasteiger charge is -2.24. The number of likely N-dealkylation sites (tertiary alicyclic amines) is 1. The van der Waals surface area contributed by atoms with Gasteiger partial charge in [0, 0.05) is 13.6 Å². The lowest BCUT2D eigenvalue weighted by molar-refractivity contribution is -0.138. The van der Waals surface area contributed by atoms with Crippen LogP contribution in [0.25, 0.3) is 0 Å². The molecule has 2 N–H and O–H groups in total. The maximum Gasteiger partial charge on any atom is 0.243 e. The molecule has 6 heteroatoms. The molecule has 6 nitrogen and oxygen atoms in total. The highest BCUT2D eigenvalue weighted by molar-refractivity contribution is 5.91. The third-order valence-corrected chi connectivity index (χ3v) is 3.78. The van der Waals surface area contributed by atoms with E-state index in [9.17, 15) is 14.4 Å². The van der Waals surface area contributed by atoms with E-state index in [0.717, 1.165) is 12.0 Å². The van der Waals surface area contributed by atoms with Crippen molar-refractivity contribution in [3.05, 3.63) is 35.9 Å². The summed E-state index contributed by atoms with van der Waals surface area (Å²) in [7, 11) is 1.51. The SMILES string of the molecule is CNC(=O)CNC(=O)[C@H]1CCCN1C(=O)Cc1ccccc1. The van der Waals surface area contributed by atoms with E-state index in [1.54, 1.807) is 4.90 Å². The number of carbonyl (C=O) groups excluding carboxylic acids is 3. The summed E-state index contributed by atoms with van der Waals surface area (Å²) < 4.78 is 0. The first-order valence-corrected chi connectivity index (χ1v) is 7.43. The quantitative estimate of drug-likeness (QED) is 0.809. The van der Waals surface area contributed by atoms with Crippen LogP contribution in [-0.2, 0) is 20.8 Å². The Labute approximate surface area is 129 Å². The van der Waals surface area contributed by atoms with E-state index >= 15 is 0 Å². The van der Waals surface area contributed by atoms with Gasteiger partial charge in [-0.05, 0) is 18.4 Å². The Kier molecular flexibility index (Phi) is 5.52. The van der Waals surface area contributed by atoms with Crippen molar-refractivity contribution in [2.45, 2.75) is 25.3 Å². The first-order valence-electron chi connectivity index (χ1n) is 7.43. The van der Waals surface area contributed by atoms with Gasteiger partial charge in [-0.2, -0.15) is 0 Å². The second kappa shape index (κ2) is 7.59. The molecule has 0 saturated carbocycles. The lowest BCUT2D eigenvalue weighted by atomic mass is 10.1. The summed E-state index contributed by atoms with van der Waals surface area (Å²) in [6, 6.07) is 9.00. The zero-order valence-corrected chi connectivity index (χ0v) is 12.7. The fourth-order valence-corrected chi connectivity index (χ4v) is 2.58. The Balaban J connectivity index is 1.93. The summed E-state index contributed by atoms with van der Waals surface area (Å²) in [5.74, 6) is -0.570. The average Bonchev–Trinajstić information content (AvgIpc) is 3.03. The molecule has 1 aromatic carbocycles. The van der Waals surface area contributed by atoms with E-state index in [4.69, 9.17) is 0 Å². The van der Waals surface area contributed by atoms with Crippen LogP contribution in [0.4, 0.5) is 0 Å². The lowest BCUT2D eigenvalue weighted by Crippen LogP contribution is -2.48. The summed E-state index contributed by atoms with van der Waals surface area (Å²) >= 11 is 0. The van der Waals surface area contributed by atoms with E-state index in [-0.39, 0.29) is 24.3 Å². The van der Waals surface area contributed by atoms with Crippen molar-refractivity contribution < 1.29 is 14.4 Å². The second-order valence-electron chi connectivity index (χ2n) is 5.30. The maximum atomic E-state index is 12.4. The molecule has 118 valence electrons. The fraction of sp³-hybridized carbons (Fsp3) is 0.438. The molecule has 2 rings (SSSR count). The van der Waals surface area contributed by atoms with Gasteiger partial charge in [0.15, 0.2) is 0 Å². The zero-order chi connectivity index (χ0) is 15.9. The van der Waals surface area contributed by atoms with Crippen LogP contribution in [0.15, 0.2) is 30.3 Å². The van der Waals surface area contributed by atoms with Gasteiger partial charge in [0.25, 0.3) is 0 Å². The van der Waals surface area contributed by atoms with Crippen LogP contribution >= 0.6 is 0 Å². The fourth-order valence-electron chi connectivity index (χ4n) is 2.58. The predicted octanol–water partition coefficient (Wildman–Crippen LogP) is 0.0823. The number of hydrogen-bond donors (Lipinski definition) is 2. The molecule has 0 unspecified atom stereocenters. The van der Waals surface area contributed by atoms with Gasteiger partial charge >= 0.3 is 0 Å². The molecule has 1 aromatic rings. The molecular formula is C16H21N3O3. The molecule has 1 heterocycles. The first kappa shape index (κ1) is 16.0. The Morgan fingerprint density at radius 1 is 1.23 bits per heavy atom. The average molecular weight is 303 g/mol. The van der Waals surface area contributed by atoms with E-state index in [0.29, 0.717) is 19.4 Å². The third kappa shape index (κ3) is 4.07. The molecule has 0 spiro atoms. The predicted molar refractivity (Wildman–Crippen MR) is 82.0 cm³/mol. The van der Waals surface area contributed by atoms with Gasteiger partial charge in [-0.3, -0.25) is 14.4 Å². The van der Waals surface area contributed by atoms with Crippen molar-refractivity contribution in [1.82, 2.24) is 15.5 Å². The summed E-state index contributed by atoms with van der Waals surface area (Å²) in [5.41, 5.74) is 0.934. The van der Waals surface area contributed by atoms with Gasteiger partial charge in [-0.15, -0.1) is 0 Å². The largest absolute Gasteiger partial charge is 0.358 e. The minimum absolute atomic E-state index is 0.0520. The number of hydrogen-bond acceptors (Lipinski definition) is 3. The van der Waals surface area contributed by atoms with Crippen molar-refractivity contribution in [3.63, 3.8) is 0 Å². The molecule has 1 aliphatic rings. The van der Waals surface area contributed by atoms with Crippen LogP contribution in [-0.4, -0.2) is 48.8 Å². The molecule has 0 aliphatic carbocycles. The third-order valence-electron chi connectivity index (χ3n) is 3.78. The Morgan fingerprint density at radius 3 is 2.64 bits per heavy atom. The molecule has 1 aliphatic heterocycles. The number of benzene rings is 1. The van der Waals surface area contributed by atoms with Gasteiger partial charge in [-0.25, -0.2) is 0 Å². The highest BCUT2D eigenvalue weighted by Crippen LogP contribution is 2.18. The number of likely N-dealkylation sites (N-methyl/N-ethyl adjacent to an activating group) is 1. The highest BCUT2D eigenvalue weighted by Gasteiger charge is 2.33. The van der Waals surface area contributed by atoms with Crippen LogP contribution < -0.4 is 10.6 Å². The zero-order valence-electron chi connectivity index (χ0n) is 12.7. The maximum absolute atomic E-state index is 12.4. The van der Waals surface area contributed by atoms with E-state index in [1.165, 1.54) is 7.05 Å². The number of amides is 3.